The molecule has 1 aromatic rings. The largest absolute Gasteiger partial charge is 0.360 e. The molecular weight excluding hydrogens is 384 g/mol. The number of quaternary nitrogens is 1. The number of carbonyl (C=O) groups is 2. The summed E-state index contributed by atoms with van der Waals surface area (Å²) in [5.74, 6) is -0.330. The Bertz CT molecular complexity index is 884. The Morgan fingerprint density at radius 2 is 1.68 bits per heavy atom. The van der Waals surface area contributed by atoms with Crippen LogP contribution in [0.15, 0.2) is 21.6 Å². The number of aromatic nitrogens is 1. The molecule has 152 valence electrons. The van der Waals surface area contributed by atoms with Gasteiger partial charge in [0.1, 0.15) is 10.6 Å². The fraction of sp³-hybridized carbons (Fsp3) is 0.611. The molecule has 0 bridgehead atoms. The lowest BCUT2D eigenvalue weighted by atomic mass is 9.85. The number of aryl methyl sites for hydroxylation is 2. The molecule has 2 aliphatic heterocycles. The molecule has 28 heavy (non-hydrogen) atoms. The average molecular weight is 409 g/mol. The van der Waals surface area contributed by atoms with E-state index in [0.717, 1.165) is 4.90 Å². The highest BCUT2D eigenvalue weighted by Crippen LogP contribution is 2.34. The third-order valence-electron chi connectivity index (χ3n) is 5.98. The first kappa shape index (κ1) is 19.3. The first-order valence-electron chi connectivity index (χ1n) is 9.57. The summed E-state index contributed by atoms with van der Waals surface area (Å²) < 4.78 is 32.2. The predicted molar refractivity (Wildman–Crippen MR) is 97.5 cm³/mol. The fourth-order valence-electron chi connectivity index (χ4n) is 4.42. The van der Waals surface area contributed by atoms with Crippen molar-refractivity contribution in [2.45, 2.75) is 31.6 Å². The highest BCUT2D eigenvalue weighted by molar-refractivity contribution is 7.89. The highest BCUT2D eigenvalue weighted by atomic mass is 32.2. The highest BCUT2D eigenvalue weighted by Gasteiger charge is 2.48. The van der Waals surface area contributed by atoms with Crippen LogP contribution in [0, 0.1) is 25.7 Å². The Balaban J connectivity index is 1.40. The zero-order valence-corrected chi connectivity index (χ0v) is 16.9. The lowest BCUT2D eigenvalue weighted by Gasteiger charge is -2.32. The van der Waals surface area contributed by atoms with E-state index in [1.165, 1.54) is 9.21 Å². The molecule has 0 saturated carbocycles. The molecule has 1 aliphatic carbocycles. The summed E-state index contributed by atoms with van der Waals surface area (Å²) in [6.45, 7) is 5.24. The molecule has 2 atom stereocenters. The number of hydrogen-bond donors (Lipinski definition) is 1. The van der Waals surface area contributed by atoms with E-state index in [2.05, 4.69) is 5.16 Å². The van der Waals surface area contributed by atoms with Crippen molar-refractivity contribution in [1.29, 1.82) is 0 Å². The first-order chi connectivity index (χ1) is 13.3. The predicted octanol–water partition coefficient (Wildman–Crippen LogP) is -0.911. The summed E-state index contributed by atoms with van der Waals surface area (Å²) in [4.78, 5) is 27.8. The molecule has 1 N–H and O–H groups in total. The van der Waals surface area contributed by atoms with Crippen molar-refractivity contribution in [2.24, 2.45) is 11.8 Å². The van der Waals surface area contributed by atoms with Gasteiger partial charge in [-0.15, -0.1) is 0 Å². The molecular formula is C18H25N4O5S+. The van der Waals surface area contributed by atoms with E-state index in [1.807, 2.05) is 12.2 Å². The van der Waals surface area contributed by atoms with Gasteiger partial charge in [-0.25, -0.2) is 13.3 Å². The molecule has 3 aliphatic rings. The minimum Gasteiger partial charge on any atom is -0.360 e. The Kier molecular flexibility index (Phi) is 4.88. The Morgan fingerprint density at radius 3 is 2.18 bits per heavy atom. The molecule has 0 unspecified atom stereocenters. The summed E-state index contributed by atoms with van der Waals surface area (Å²) >= 11 is 0. The molecule has 9 nitrogen and oxygen atoms in total. The van der Waals surface area contributed by atoms with Crippen molar-refractivity contribution < 1.29 is 27.4 Å². The minimum atomic E-state index is -3.66. The van der Waals surface area contributed by atoms with Gasteiger partial charge in [-0.3, -0.25) is 9.59 Å². The van der Waals surface area contributed by atoms with Crippen LogP contribution < -0.4 is 4.90 Å². The Morgan fingerprint density at radius 1 is 1.11 bits per heavy atom. The average Bonchev–Trinajstić information content (AvgIpc) is 3.14. The number of amides is 2. The standard InChI is InChI=1S/C18H24N4O5S/c1-12-16(13(2)27-19-12)28(25,26)21-9-7-20(8-10-21)11-22-17(23)14-5-3-4-6-15(14)18(22)24/h3-4,14-15H,5-11H2,1-2H3/p+1/t14-,15-/m0/s1. The van der Waals surface area contributed by atoms with Gasteiger partial charge < -0.3 is 9.42 Å². The Labute approximate surface area is 164 Å². The second-order valence-electron chi connectivity index (χ2n) is 7.73. The van der Waals surface area contributed by atoms with Crippen molar-refractivity contribution >= 4 is 21.8 Å². The van der Waals surface area contributed by atoms with Gasteiger partial charge in [0.2, 0.25) is 21.8 Å². The number of sulfonamides is 1. The first-order valence-corrected chi connectivity index (χ1v) is 11.0. The van der Waals surface area contributed by atoms with Crippen LogP contribution in [0.1, 0.15) is 24.3 Å². The number of likely N-dealkylation sites (tertiary alicyclic amines) is 1. The summed E-state index contributed by atoms with van der Waals surface area (Å²) in [6, 6.07) is 0. The molecule has 2 amide bonds. The monoisotopic (exact) mass is 409 g/mol. The molecule has 2 saturated heterocycles. The maximum atomic E-state index is 12.9. The molecule has 1 aromatic heterocycles. The molecule has 0 radical (unpaired) electrons. The topological polar surface area (TPSA) is 105 Å². The number of nitrogens with one attached hydrogen (secondary N) is 1. The van der Waals surface area contributed by atoms with Crippen LogP contribution in [0.5, 0.6) is 0 Å². The zero-order chi connectivity index (χ0) is 20.1. The number of hydrogen-bond acceptors (Lipinski definition) is 6. The third-order valence-corrected chi connectivity index (χ3v) is 8.12. The number of carbonyl (C=O) groups excluding carboxylic acids is 2. The fourth-order valence-corrected chi connectivity index (χ4v) is 6.15. The van der Waals surface area contributed by atoms with E-state index in [0.29, 0.717) is 51.4 Å². The summed E-state index contributed by atoms with van der Waals surface area (Å²) in [5, 5.41) is 3.74. The molecule has 10 heteroatoms. The SMILES string of the molecule is Cc1noc(C)c1S(=O)(=O)N1CC[NH+](CN2C(=O)[C@H]3CC=CC[C@@H]3C2=O)CC1. The lowest BCUT2D eigenvalue weighted by molar-refractivity contribution is -0.910. The van der Waals surface area contributed by atoms with Gasteiger partial charge in [0, 0.05) is 0 Å². The van der Waals surface area contributed by atoms with Crippen LogP contribution in [-0.4, -0.2) is 67.4 Å². The van der Waals surface area contributed by atoms with Crippen molar-refractivity contribution in [2.75, 3.05) is 32.8 Å². The van der Waals surface area contributed by atoms with Crippen molar-refractivity contribution in [3.8, 4) is 0 Å². The van der Waals surface area contributed by atoms with Gasteiger partial charge in [0.15, 0.2) is 12.4 Å². The van der Waals surface area contributed by atoms with Crippen molar-refractivity contribution in [3.63, 3.8) is 0 Å². The van der Waals surface area contributed by atoms with Crippen LogP contribution in [0.25, 0.3) is 0 Å². The maximum Gasteiger partial charge on any atom is 0.248 e. The summed E-state index contributed by atoms with van der Waals surface area (Å²) in [7, 11) is -3.66. The third kappa shape index (κ3) is 3.09. The van der Waals surface area contributed by atoms with E-state index in [1.54, 1.807) is 13.8 Å². The number of piperazine rings is 1. The summed E-state index contributed by atoms with van der Waals surface area (Å²) in [5.41, 5.74) is 0.358. The quantitative estimate of drug-likeness (QED) is 0.510. The second-order valence-corrected chi connectivity index (χ2v) is 9.60. The second kappa shape index (κ2) is 7.09. The van der Waals surface area contributed by atoms with Crippen molar-refractivity contribution in [3.05, 3.63) is 23.6 Å². The zero-order valence-electron chi connectivity index (χ0n) is 16.1. The number of fused-ring (bicyclic) bond motifs is 1. The summed E-state index contributed by atoms with van der Waals surface area (Å²) in [6.07, 6.45) is 5.21. The van der Waals surface area contributed by atoms with Crippen LogP contribution >= 0.6 is 0 Å². The number of nitrogens with zero attached hydrogens (tertiary/aromatic N) is 3. The molecule has 0 aromatic carbocycles. The molecule has 0 spiro atoms. The number of imide groups is 1. The molecule has 4 rings (SSSR count). The molecule has 2 fully saturated rings. The van der Waals surface area contributed by atoms with E-state index in [-0.39, 0.29) is 34.3 Å². The van der Waals surface area contributed by atoms with Crippen LogP contribution in [0.4, 0.5) is 0 Å². The number of rotatable bonds is 4. The van der Waals surface area contributed by atoms with Crippen LogP contribution in [0.2, 0.25) is 0 Å². The van der Waals surface area contributed by atoms with E-state index >= 15 is 0 Å². The van der Waals surface area contributed by atoms with Crippen LogP contribution in [0.3, 0.4) is 0 Å². The normalized spacial score (nSPS) is 26.9. The number of allylic oxidation sites excluding steroid dienone is 2. The van der Waals surface area contributed by atoms with Crippen LogP contribution in [-0.2, 0) is 19.6 Å². The van der Waals surface area contributed by atoms with Crippen molar-refractivity contribution in [1.82, 2.24) is 14.4 Å². The van der Waals surface area contributed by atoms with Gasteiger partial charge in [0.25, 0.3) is 0 Å². The van der Waals surface area contributed by atoms with E-state index in [9.17, 15) is 18.0 Å². The van der Waals surface area contributed by atoms with Gasteiger partial charge in [-0.2, -0.15) is 4.31 Å². The minimum absolute atomic E-state index is 0.0855. The van der Waals surface area contributed by atoms with Gasteiger partial charge >= 0.3 is 0 Å². The molecule has 3 heterocycles. The maximum absolute atomic E-state index is 12.9. The van der Waals surface area contributed by atoms with Gasteiger partial charge in [-0.1, -0.05) is 17.3 Å². The lowest BCUT2D eigenvalue weighted by Crippen LogP contribution is -3.16. The van der Waals surface area contributed by atoms with Gasteiger partial charge in [0.05, 0.1) is 38.0 Å². The Hall–Kier alpha value is -2.04. The smallest absolute Gasteiger partial charge is 0.248 e. The van der Waals surface area contributed by atoms with E-state index < -0.39 is 10.0 Å². The van der Waals surface area contributed by atoms with Gasteiger partial charge in [-0.05, 0) is 26.7 Å². The van der Waals surface area contributed by atoms with E-state index in [4.69, 9.17) is 4.52 Å².